The van der Waals surface area contributed by atoms with Crippen molar-refractivity contribution in [1.29, 1.82) is 0 Å². The van der Waals surface area contributed by atoms with E-state index in [9.17, 15) is 19.2 Å². The molecule has 214 valence electrons. The number of fused-ring (bicyclic) bond motifs is 2. The van der Waals surface area contributed by atoms with E-state index in [4.69, 9.17) is 29.1 Å². The standard InChI is InChI=1S/C26H40N2O10/c1-14-7-8-18-15(2)23(35-24-26(18)17(14)11-12-25(4,36-24)37-38-26)34-21(31)10-9-19(29)27-13-5-6-20(30)28-16(3)22(32)33/h14-18,23-24H,5-13H2,1-4H3,(H,27,29)(H,28,30)(H,32,33)/t14-,15-,16+,17+,18-,23-,24+,25-,26-/m1/s1. The summed E-state index contributed by atoms with van der Waals surface area (Å²) in [5, 5.41) is 13.8. The van der Waals surface area contributed by atoms with Crippen molar-refractivity contribution in [3.63, 3.8) is 0 Å². The van der Waals surface area contributed by atoms with Crippen LogP contribution < -0.4 is 10.6 Å². The van der Waals surface area contributed by atoms with E-state index in [2.05, 4.69) is 17.6 Å². The molecule has 5 rings (SSSR count). The van der Waals surface area contributed by atoms with E-state index < -0.39 is 47.9 Å². The molecule has 12 heteroatoms. The van der Waals surface area contributed by atoms with Crippen LogP contribution in [0, 0.1) is 23.7 Å². The van der Waals surface area contributed by atoms with Crippen LogP contribution in [-0.4, -0.2) is 65.4 Å². The summed E-state index contributed by atoms with van der Waals surface area (Å²) in [7, 11) is 0. The largest absolute Gasteiger partial charge is 0.480 e. The lowest BCUT2D eigenvalue weighted by Crippen LogP contribution is -2.70. The van der Waals surface area contributed by atoms with Crippen molar-refractivity contribution in [2.45, 2.75) is 109 Å². The predicted octanol–water partition coefficient (Wildman–Crippen LogP) is 2.00. The number of hydrogen-bond donors (Lipinski definition) is 3. The summed E-state index contributed by atoms with van der Waals surface area (Å²) in [4.78, 5) is 59.1. The molecule has 1 aliphatic carbocycles. The first-order valence-electron chi connectivity index (χ1n) is 13.6. The summed E-state index contributed by atoms with van der Waals surface area (Å²) in [6.07, 6.45) is 2.22. The lowest BCUT2D eigenvalue weighted by molar-refractivity contribution is -0.576. The summed E-state index contributed by atoms with van der Waals surface area (Å²) in [6, 6.07) is -0.971. The molecule has 0 radical (unpaired) electrons. The molecular weight excluding hydrogens is 500 g/mol. The Bertz CT molecular complexity index is 930. The van der Waals surface area contributed by atoms with Crippen molar-refractivity contribution in [1.82, 2.24) is 10.6 Å². The fourth-order valence-electron chi connectivity index (χ4n) is 6.35. The number of carboxylic acids is 1. The quantitative estimate of drug-likeness (QED) is 0.213. The number of aliphatic carboxylic acids is 1. The number of carboxylic acid groups (broad SMARTS) is 1. The van der Waals surface area contributed by atoms with E-state index >= 15 is 0 Å². The van der Waals surface area contributed by atoms with Gasteiger partial charge in [-0.3, -0.25) is 19.2 Å². The molecule has 2 bridgehead atoms. The SMILES string of the molecule is C[C@H]1[C@H](OC(=O)CCC(=O)NCCCC(=O)N[C@@H](C)C(=O)O)O[C@H]2O[C@@]3(C)CC[C@H]4[C@H](C)CC[C@H]1[C@@]24OO3. The summed E-state index contributed by atoms with van der Waals surface area (Å²) in [5.41, 5.74) is -0.738. The van der Waals surface area contributed by atoms with Crippen molar-refractivity contribution in [2.75, 3.05) is 6.54 Å². The van der Waals surface area contributed by atoms with Gasteiger partial charge in [-0.05, 0) is 51.4 Å². The van der Waals surface area contributed by atoms with Crippen LogP contribution in [-0.2, 0) is 43.2 Å². The number of nitrogens with one attached hydrogen (secondary N) is 2. The average molecular weight is 541 g/mol. The van der Waals surface area contributed by atoms with Crippen LogP contribution in [0.4, 0.5) is 0 Å². The van der Waals surface area contributed by atoms with Gasteiger partial charge in [-0.15, -0.1) is 0 Å². The van der Waals surface area contributed by atoms with Crippen molar-refractivity contribution in [3.05, 3.63) is 0 Å². The van der Waals surface area contributed by atoms with Crippen LogP contribution in [0.1, 0.15) is 79.1 Å². The molecule has 1 saturated carbocycles. The third-order valence-electron chi connectivity index (χ3n) is 8.55. The van der Waals surface area contributed by atoms with Crippen molar-refractivity contribution in [3.8, 4) is 0 Å². The second-order valence-electron chi connectivity index (χ2n) is 11.3. The first-order valence-corrected chi connectivity index (χ1v) is 13.6. The Morgan fingerprint density at radius 2 is 1.79 bits per heavy atom. The molecule has 4 heterocycles. The van der Waals surface area contributed by atoms with Crippen molar-refractivity contribution >= 4 is 23.8 Å². The highest BCUT2D eigenvalue weighted by Gasteiger charge is 2.69. The predicted molar refractivity (Wildman–Crippen MR) is 130 cm³/mol. The molecule has 38 heavy (non-hydrogen) atoms. The lowest BCUT2D eigenvalue weighted by Gasteiger charge is -2.59. The van der Waals surface area contributed by atoms with Gasteiger partial charge < -0.3 is 30.0 Å². The number of rotatable bonds is 10. The van der Waals surface area contributed by atoms with Gasteiger partial charge in [-0.2, -0.15) is 0 Å². The zero-order chi connectivity index (χ0) is 27.7. The molecule has 12 nitrogen and oxygen atoms in total. The first kappa shape index (κ1) is 28.7. The minimum absolute atomic E-state index is 0.0295. The summed E-state index contributed by atoms with van der Waals surface area (Å²) < 4.78 is 18.2. The van der Waals surface area contributed by atoms with Gasteiger partial charge in [0.05, 0.1) is 6.42 Å². The molecule has 3 N–H and O–H groups in total. The van der Waals surface area contributed by atoms with Crippen LogP contribution in [0.5, 0.6) is 0 Å². The Labute approximate surface area is 222 Å². The normalized spacial score (nSPS) is 38.3. The molecule has 9 atom stereocenters. The number of hydrogen-bond acceptors (Lipinski definition) is 9. The fraction of sp³-hybridized carbons (Fsp3) is 0.846. The molecule has 4 saturated heterocycles. The van der Waals surface area contributed by atoms with E-state index in [0.29, 0.717) is 18.8 Å². The van der Waals surface area contributed by atoms with E-state index in [0.717, 1.165) is 19.3 Å². The number of carbonyl (C=O) groups is 4. The number of esters is 1. The van der Waals surface area contributed by atoms with Gasteiger partial charge in [0.1, 0.15) is 6.04 Å². The van der Waals surface area contributed by atoms with Crippen LogP contribution >= 0.6 is 0 Å². The Morgan fingerprint density at radius 1 is 1.03 bits per heavy atom. The van der Waals surface area contributed by atoms with Crippen molar-refractivity contribution in [2.24, 2.45) is 23.7 Å². The highest BCUT2D eigenvalue weighted by Crippen LogP contribution is 2.60. The van der Waals surface area contributed by atoms with Gasteiger partial charge in [-0.25, -0.2) is 9.78 Å². The van der Waals surface area contributed by atoms with Crippen LogP contribution in [0.2, 0.25) is 0 Å². The molecule has 2 amide bonds. The molecule has 0 unspecified atom stereocenters. The minimum Gasteiger partial charge on any atom is -0.480 e. The third kappa shape index (κ3) is 5.83. The second-order valence-corrected chi connectivity index (χ2v) is 11.3. The van der Waals surface area contributed by atoms with Gasteiger partial charge in [0.25, 0.3) is 0 Å². The zero-order valence-electron chi connectivity index (χ0n) is 22.5. The summed E-state index contributed by atoms with van der Waals surface area (Å²) >= 11 is 0. The smallest absolute Gasteiger partial charge is 0.325 e. The minimum atomic E-state index is -1.12. The van der Waals surface area contributed by atoms with E-state index in [1.807, 2.05) is 13.8 Å². The Balaban J connectivity index is 1.24. The molecule has 0 aromatic heterocycles. The van der Waals surface area contributed by atoms with E-state index in [-0.39, 0.29) is 49.5 Å². The topological polar surface area (TPSA) is 159 Å². The fourth-order valence-corrected chi connectivity index (χ4v) is 6.35. The maximum atomic E-state index is 12.6. The molecule has 5 aliphatic rings. The van der Waals surface area contributed by atoms with Gasteiger partial charge in [0, 0.05) is 37.6 Å². The number of amides is 2. The maximum Gasteiger partial charge on any atom is 0.325 e. The molecule has 4 aliphatic heterocycles. The van der Waals surface area contributed by atoms with Crippen LogP contribution in [0.25, 0.3) is 0 Å². The zero-order valence-corrected chi connectivity index (χ0v) is 22.5. The maximum absolute atomic E-state index is 12.6. The van der Waals surface area contributed by atoms with Gasteiger partial charge in [0.15, 0.2) is 11.9 Å². The third-order valence-corrected chi connectivity index (χ3v) is 8.55. The van der Waals surface area contributed by atoms with E-state index in [1.54, 1.807) is 0 Å². The van der Waals surface area contributed by atoms with Crippen molar-refractivity contribution < 1.29 is 48.3 Å². The molecule has 0 aromatic carbocycles. The first-order chi connectivity index (χ1) is 17.9. The Hall–Kier alpha value is -2.28. The Morgan fingerprint density at radius 3 is 2.53 bits per heavy atom. The molecule has 0 aromatic rings. The summed E-state index contributed by atoms with van der Waals surface area (Å²) in [5.74, 6) is -2.80. The van der Waals surface area contributed by atoms with Gasteiger partial charge >= 0.3 is 11.9 Å². The van der Waals surface area contributed by atoms with Crippen LogP contribution in [0.3, 0.4) is 0 Å². The average Bonchev–Trinajstić information content (AvgIpc) is 3.09. The molecular formula is C26H40N2O10. The van der Waals surface area contributed by atoms with Crippen LogP contribution in [0.15, 0.2) is 0 Å². The second kappa shape index (κ2) is 11.4. The monoisotopic (exact) mass is 540 g/mol. The highest BCUT2D eigenvalue weighted by molar-refractivity contribution is 5.83. The molecule has 1 spiro atoms. The van der Waals surface area contributed by atoms with E-state index in [1.165, 1.54) is 6.92 Å². The summed E-state index contributed by atoms with van der Waals surface area (Å²) in [6.45, 7) is 7.66. The number of carbonyl (C=O) groups excluding carboxylic acids is 3. The molecule has 5 fully saturated rings. The highest BCUT2D eigenvalue weighted by atomic mass is 17.3. The lowest BCUT2D eigenvalue weighted by atomic mass is 9.58. The Kier molecular flexibility index (Phi) is 8.65. The van der Waals surface area contributed by atoms with Gasteiger partial charge in [0.2, 0.25) is 23.9 Å². The van der Waals surface area contributed by atoms with Gasteiger partial charge in [-0.1, -0.05) is 13.8 Å². The number of ether oxygens (including phenoxy) is 3.